The molecule has 0 saturated heterocycles. The summed E-state index contributed by atoms with van der Waals surface area (Å²) in [5, 5.41) is 11.7. The van der Waals surface area contributed by atoms with Crippen molar-refractivity contribution in [3.05, 3.63) is 48.3 Å². The van der Waals surface area contributed by atoms with E-state index in [-0.39, 0.29) is 17.5 Å². The Balaban J connectivity index is 1.38. The van der Waals surface area contributed by atoms with Crippen molar-refractivity contribution in [1.82, 2.24) is 14.8 Å². The maximum Gasteiger partial charge on any atom is 0.234 e. The van der Waals surface area contributed by atoms with Crippen molar-refractivity contribution in [3.63, 3.8) is 0 Å². The Hall–Kier alpha value is -3.07. The molecule has 0 unspecified atom stereocenters. The van der Waals surface area contributed by atoms with Crippen LogP contribution in [0.2, 0.25) is 0 Å². The zero-order valence-electron chi connectivity index (χ0n) is 15.7. The molecule has 7 nitrogen and oxygen atoms in total. The van der Waals surface area contributed by atoms with Gasteiger partial charge in [-0.25, -0.2) is 4.39 Å². The molecule has 150 valence electrons. The van der Waals surface area contributed by atoms with Crippen molar-refractivity contribution in [2.24, 2.45) is 7.05 Å². The van der Waals surface area contributed by atoms with E-state index in [1.54, 1.807) is 34.9 Å². The minimum Gasteiger partial charge on any atom is -0.490 e. The molecule has 29 heavy (non-hydrogen) atoms. The van der Waals surface area contributed by atoms with Gasteiger partial charge in [0, 0.05) is 30.8 Å². The number of fused-ring (bicyclic) bond motifs is 1. The fourth-order valence-electron chi connectivity index (χ4n) is 2.86. The number of carbonyl (C=O) groups excluding carboxylic acids is 1. The third-order valence-electron chi connectivity index (χ3n) is 4.30. The van der Waals surface area contributed by atoms with Crippen LogP contribution in [-0.4, -0.2) is 39.6 Å². The quantitative estimate of drug-likeness (QED) is 0.644. The molecule has 2 heterocycles. The van der Waals surface area contributed by atoms with Crippen LogP contribution in [0.4, 0.5) is 10.1 Å². The molecule has 0 radical (unpaired) electrons. The molecule has 0 aliphatic carbocycles. The molecule has 0 atom stereocenters. The van der Waals surface area contributed by atoms with Gasteiger partial charge in [0.2, 0.25) is 5.91 Å². The third-order valence-corrected chi connectivity index (χ3v) is 5.32. The molecule has 9 heteroatoms. The van der Waals surface area contributed by atoms with Crippen molar-refractivity contribution >= 4 is 23.4 Å². The predicted molar refractivity (Wildman–Crippen MR) is 108 cm³/mol. The smallest absolute Gasteiger partial charge is 0.234 e. The van der Waals surface area contributed by atoms with Gasteiger partial charge in [0.25, 0.3) is 0 Å². The Bertz CT molecular complexity index is 1020. The normalized spacial score (nSPS) is 13.0. The lowest BCUT2D eigenvalue weighted by atomic mass is 10.2. The van der Waals surface area contributed by atoms with Gasteiger partial charge in [0.05, 0.1) is 19.0 Å². The van der Waals surface area contributed by atoms with Gasteiger partial charge in [0.1, 0.15) is 5.82 Å². The number of amides is 1. The monoisotopic (exact) mass is 414 g/mol. The van der Waals surface area contributed by atoms with Crippen LogP contribution in [0.15, 0.2) is 47.6 Å². The van der Waals surface area contributed by atoms with Gasteiger partial charge in [0.15, 0.2) is 22.5 Å². The van der Waals surface area contributed by atoms with Crippen molar-refractivity contribution in [2.75, 3.05) is 24.3 Å². The fraction of sp³-hybridized carbons (Fsp3) is 0.250. The standard InChI is InChI=1S/C20H19FN4O3S/c1-25-19(13-3-5-14(21)6-4-13)23-24-20(25)29-12-18(26)22-15-7-8-16-17(11-15)28-10-2-9-27-16/h3-8,11H,2,9-10,12H2,1H3,(H,22,26). The second-order valence-corrected chi connectivity index (χ2v) is 7.36. The van der Waals surface area contributed by atoms with Crippen LogP contribution in [0.5, 0.6) is 11.5 Å². The maximum absolute atomic E-state index is 13.1. The zero-order chi connectivity index (χ0) is 20.2. The molecular formula is C20H19FN4O3S. The molecule has 3 aromatic rings. The number of benzene rings is 2. The number of nitrogens with one attached hydrogen (secondary N) is 1. The lowest BCUT2D eigenvalue weighted by Gasteiger charge is -2.10. The Morgan fingerprint density at radius 2 is 1.90 bits per heavy atom. The second kappa shape index (κ2) is 8.52. The minimum atomic E-state index is -0.308. The molecule has 0 bridgehead atoms. The molecular weight excluding hydrogens is 395 g/mol. The summed E-state index contributed by atoms with van der Waals surface area (Å²) in [5.74, 6) is 1.61. The van der Waals surface area contributed by atoms with Gasteiger partial charge in [-0.1, -0.05) is 11.8 Å². The van der Waals surface area contributed by atoms with Crippen LogP contribution in [-0.2, 0) is 11.8 Å². The highest BCUT2D eigenvalue weighted by molar-refractivity contribution is 7.99. The fourth-order valence-corrected chi connectivity index (χ4v) is 3.57. The third kappa shape index (κ3) is 4.51. The number of anilines is 1. The minimum absolute atomic E-state index is 0.170. The summed E-state index contributed by atoms with van der Waals surface area (Å²) in [6, 6.07) is 11.4. The molecule has 0 saturated carbocycles. The first kappa shape index (κ1) is 19.3. The summed E-state index contributed by atoms with van der Waals surface area (Å²) in [6.07, 6.45) is 0.824. The highest BCUT2D eigenvalue weighted by Gasteiger charge is 2.15. The number of aromatic nitrogens is 3. The number of ether oxygens (including phenoxy) is 2. The molecule has 1 amide bonds. The largest absolute Gasteiger partial charge is 0.490 e. The number of rotatable bonds is 5. The van der Waals surface area contributed by atoms with E-state index in [4.69, 9.17) is 9.47 Å². The first-order chi connectivity index (χ1) is 14.1. The van der Waals surface area contributed by atoms with E-state index in [2.05, 4.69) is 15.5 Å². The van der Waals surface area contributed by atoms with Gasteiger partial charge in [-0.2, -0.15) is 0 Å². The van der Waals surface area contributed by atoms with Gasteiger partial charge in [-0.3, -0.25) is 4.79 Å². The van der Waals surface area contributed by atoms with Crippen LogP contribution in [0, 0.1) is 5.82 Å². The lowest BCUT2D eigenvalue weighted by Crippen LogP contribution is -2.14. The molecule has 1 N–H and O–H groups in total. The second-order valence-electron chi connectivity index (χ2n) is 6.42. The van der Waals surface area contributed by atoms with Crippen LogP contribution in [0.1, 0.15) is 6.42 Å². The van der Waals surface area contributed by atoms with Gasteiger partial charge < -0.3 is 19.4 Å². The number of hydrogen-bond donors (Lipinski definition) is 1. The number of nitrogens with zero attached hydrogens (tertiary/aromatic N) is 3. The van der Waals surface area contributed by atoms with Crippen LogP contribution in [0.25, 0.3) is 11.4 Å². The molecule has 1 aromatic heterocycles. The molecule has 1 aliphatic rings. The van der Waals surface area contributed by atoms with E-state index in [9.17, 15) is 9.18 Å². The predicted octanol–water partition coefficient (Wildman–Crippen LogP) is 3.51. The van der Waals surface area contributed by atoms with E-state index in [0.717, 1.165) is 12.0 Å². The SMILES string of the molecule is Cn1c(SCC(=O)Nc2ccc3c(c2)OCCCO3)nnc1-c1ccc(F)cc1. The van der Waals surface area contributed by atoms with Gasteiger partial charge in [-0.15, -0.1) is 10.2 Å². The van der Waals surface area contributed by atoms with Crippen LogP contribution < -0.4 is 14.8 Å². The van der Waals surface area contributed by atoms with E-state index < -0.39 is 0 Å². The topological polar surface area (TPSA) is 78.3 Å². The van der Waals surface area contributed by atoms with Gasteiger partial charge in [-0.05, 0) is 36.4 Å². The Kier molecular flexibility index (Phi) is 5.66. The number of carbonyl (C=O) groups is 1. The summed E-state index contributed by atoms with van der Waals surface area (Å²) in [6.45, 7) is 1.20. The summed E-state index contributed by atoms with van der Waals surface area (Å²) >= 11 is 1.27. The summed E-state index contributed by atoms with van der Waals surface area (Å²) < 4.78 is 26.1. The van der Waals surface area contributed by atoms with Gasteiger partial charge >= 0.3 is 0 Å². The summed E-state index contributed by atoms with van der Waals surface area (Å²) in [5.41, 5.74) is 1.40. The first-order valence-corrected chi connectivity index (χ1v) is 10.1. The number of halogens is 1. The number of thioether (sulfide) groups is 1. The van der Waals surface area contributed by atoms with E-state index in [1.165, 1.54) is 23.9 Å². The van der Waals surface area contributed by atoms with Crippen molar-refractivity contribution in [2.45, 2.75) is 11.6 Å². The molecule has 1 aliphatic heterocycles. The molecule has 0 fully saturated rings. The van der Waals surface area contributed by atoms with Crippen molar-refractivity contribution < 1.29 is 18.7 Å². The van der Waals surface area contributed by atoms with Crippen molar-refractivity contribution in [3.8, 4) is 22.9 Å². The number of hydrogen-bond acceptors (Lipinski definition) is 6. The van der Waals surface area contributed by atoms with E-state index >= 15 is 0 Å². The molecule has 0 spiro atoms. The van der Waals surface area contributed by atoms with E-state index in [1.807, 2.05) is 7.05 Å². The Labute approximate surface area is 171 Å². The molecule has 4 rings (SSSR count). The van der Waals surface area contributed by atoms with E-state index in [0.29, 0.717) is 41.4 Å². The Morgan fingerprint density at radius 3 is 2.69 bits per heavy atom. The van der Waals surface area contributed by atoms with Crippen LogP contribution in [0.3, 0.4) is 0 Å². The molecule has 2 aromatic carbocycles. The first-order valence-electron chi connectivity index (χ1n) is 9.08. The van der Waals surface area contributed by atoms with Crippen molar-refractivity contribution in [1.29, 1.82) is 0 Å². The maximum atomic E-state index is 13.1. The highest BCUT2D eigenvalue weighted by Crippen LogP contribution is 2.32. The average molecular weight is 414 g/mol. The van der Waals surface area contributed by atoms with Crippen LogP contribution >= 0.6 is 11.8 Å². The average Bonchev–Trinajstić information content (AvgIpc) is 2.93. The highest BCUT2D eigenvalue weighted by atomic mass is 32.2. The lowest BCUT2D eigenvalue weighted by molar-refractivity contribution is -0.113. The zero-order valence-corrected chi connectivity index (χ0v) is 16.5. The summed E-state index contributed by atoms with van der Waals surface area (Å²) in [4.78, 5) is 12.3. The Morgan fingerprint density at radius 1 is 1.14 bits per heavy atom. The summed E-state index contributed by atoms with van der Waals surface area (Å²) in [7, 11) is 1.81.